The quantitative estimate of drug-likeness (QED) is 0.453. The van der Waals surface area contributed by atoms with Gasteiger partial charge in [-0.3, -0.25) is 9.59 Å². The Hall–Kier alpha value is -1.63. The van der Waals surface area contributed by atoms with Crippen molar-refractivity contribution < 1.29 is 19.8 Å². The molecule has 1 heterocycles. The number of carbonyl (C=O) groups is 2. The number of rotatable bonds is 5. The molecule has 1 saturated heterocycles. The summed E-state index contributed by atoms with van der Waals surface area (Å²) in [5.41, 5.74) is 0.902. The first-order chi connectivity index (χ1) is 10.6. The molecule has 120 valence electrons. The summed E-state index contributed by atoms with van der Waals surface area (Å²) in [7, 11) is 0. The van der Waals surface area contributed by atoms with Gasteiger partial charge in [0.2, 0.25) is 0 Å². The van der Waals surface area contributed by atoms with Crippen LogP contribution >= 0.6 is 11.6 Å². The highest BCUT2D eigenvalue weighted by atomic mass is 35.5. The van der Waals surface area contributed by atoms with Crippen LogP contribution in [0.4, 0.5) is 0 Å². The van der Waals surface area contributed by atoms with Crippen molar-refractivity contribution in [2.75, 3.05) is 39.3 Å². The fourth-order valence-electron chi connectivity index (χ4n) is 2.43. The second kappa shape index (κ2) is 8.73. The van der Waals surface area contributed by atoms with Gasteiger partial charge in [-0.15, -0.1) is 0 Å². The Morgan fingerprint density at radius 1 is 1.09 bits per heavy atom. The molecule has 2 rings (SSSR count). The van der Waals surface area contributed by atoms with Crippen LogP contribution in [0.2, 0.25) is 5.02 Å². The monoisotopic (exact) mass is 326 g/mol. The SMILES string of the molecule is O=C(NCC[NH+]1CC[NH2+]CC1)C(=O)NCc1ccc(Cl)cc1. The molecular formula is C15H23ClN4O2+2. The number of carbonyl (C=O) groups excluding carboxylic acids is 2. The zero-order valence-corrected chi connectivity index (χ0v) is 13.3. The summed E-state index contributed by atoms with van der Waals surface area (Å²) in [6.45, 7) is 6.19. The Kier molecular flexibility index (Phi) is 6.64. The number of quaternary nitrogens is 2. The van der Waals surface area contributed by atoms with E-state index in [1.54, 1.807) is 12.1 Å². The summed E-state index contributed by atoms with van der Waals surface area (Å²) in [6, 6.07) is 7.14. The zero-order chi connectivity index (χ0) is 15.8. The van der Waals surface area contributed by atoms with Crippen molar-refractivity contribution in [1.29, 1.82) is 0 Å². The van der Waals surface area contributed by atoms with Gasteiger partial charge >= 0.3 is 11.8 Å². The number of halogens is 1. The maximum Gasteiger partial charge on any atom is 0.309 e. The predicted octanol–water partition coefficient (Wildman–Crippen LogP) is -2.47. The molecule has 0 aliphatic carbocycles. The normalized spacial score (nSPS) is 15.3. The van der Waals surface area contributed by atoms with Crippen LogP contribution in [0.15, 0.2) is 24.3 Å². The van der Waals surface area contributed by atoms with Crippen LogP contribution in [-0.2, 0) is 16.1 Å². The summed E-state index contributed by atoms with van der Waals surface area (Å²) in [5, 5.41) is 8.21. The minimum atomic E-state index is -0.600. The van der Waals surface area contributed by atoms with Crippen LogP contribution in [0, 0.1) is 0 Å². The Balaban J connectivity index is 1.63. The van der Waals surface area contributed by atoms with E-state index < -0.39 is 11.8 Å². The van der Waals surface area contributed by atoms with Crippen molar-refractivity contribution in [3.63, 3.8) is 0 Å². The van der Waals surface area contributed by atoms with E-state index in [0.717, 1.165) is 38.3 Å². The van der Waals surface area contributed by atoms with Crippen LogP contribution in [-0.4, -0.2) is 51.1 Å². The van der Waals surface area contributed by atoms with Gasteiger partial charge in [0.05, 0.1) is 13.1 Å². The highest BCUT2D eigenvalue weighted by Gasteiger charge is 2.17. The molecule has 0 unspecified atom stereocenters. The number of amides is 2. The summed E-state index contributed by atoms with van der Waals surface area (Å²) < 4.78 is 0. The van der Waals surface area contributed by atoms with Crippen LogP contribution in [0.25, 0.3) is 0 Å². The van der Waals surface area contributed by atoms with E-state index in [2.05, 4.69) is 16.0 Å². The van der Waals surface area contributed by atoms with Gasteiger partial charge < -0.3 is 20.9 Å². The van der Waals surface area contributed by atoms with Gasteiger partial charge in [-0.25, -0.2) is 0 Å². The molecule has 5 N–H and O–H groups in total. The van der Waals surface area contributed by atoms with Gasteiger partial charge in [0.1, 0.15) is 26.2 Å². The molecule has 6 nitrogen and oxygen atoms in total. The molecule has 7 heteroatoms. The average molecular weight is 327 g/mol. The molecular weight excluding hydrogens is 304 g/mol. The highest BCUT2D eigenvalue weighted by molar-refractivity contribution is 6.35. The fraction of sp³-hybridized carbons (Fsp3) is 0.467. The molecule has 22 heavy (non-hydrogen) atoms. The third kappa shape index (κ3) is 5.63. The van der Waals surface area contributed by atoms with Gasteiger partial charge in [-0.1, -0.05) is 23.7 Å². The lowest BCUT2D eigenvalue weighted by atomic mass is 10.2. The second-order valence-corrected chi connectivity index (χ2v) is 5.87. The van der Waals surface area contributed by atoms with Crippen LogP contribution in [0.5, 0.6) is 0 Å². The van der Waals surface area contributed by atoms with E-state index in [9.17, 15) is 9.59 Å². The molecule has 0 aromatic heterocycles. The largest absolute Gasteiger partial charge is 0.344 e. The molecule has 0 radical (unpaired) electrons. The fourth-order valence-corrected chi connectivity index (χ4v) is 2.56. The van der Waals surface area contributed by atoms with Gasteiger partial charge in [-0.05, 0) is 17.7 Å². The average Bonchev–Trinajstić information content (AvgIpc) is 2.55. The Labute approximate surface area is 135 Å². The van der Waals surface area contributed by atoms with Gasteiger partial charge in [0.25, 0.3) is 0 Å². The minimum absolute atomic E-state index is 0.316. The first-order valence-electron chi connectivity index (χ1n) is 7.61. The van der Waals surface area contributed by atoms with E-state index in [1.807, 2.05) is 12.1 Å². The molecule has 0 saturated carbocycles. The van der Waals surface area contributed by atoms with Crippen molar-refractivity contribution in [2.24, 2.45) is 0 Å². The third-order valence-corrected chi connectivity index (χ3v) is 3.99. The summed E-state index contributed by atoms with van der Waals surface area (Å²) in [6.07, 6.45) is 0. The van der Waals surface area contributed by atoms with Gasteiger partial charge in [-0.2, -0.15) is 0 Å². The first kappa shape index (κ1) is 16.7. The number of nitrogens with two attached hydrogens (primary N) is 1. The van der Waals surface area contributed by atoms with Crippen LogP contribution < -0.4 is 20.9 Å². The topological polar surface area (TPSA) is 79.2 Å². The summed E-state index contributed by atoms with van der Waals surface area (Å²) in [4.78, 5) is 24.9. The molecule has 0 spiro atoms. The highest BCUT2D eigenvalue weighted by Crippen LogP contribution is 2.08. The number of piperazine rings is 1. The van der Waals surface area contributed by atoms with Crippen LogP contribution in [0.3, 0.4) is 0 Å². The number of hydrogen-bond donors (Lipinski definition) is 4. The Bertz CT molecular complexity index is 501. The minimum Gasteiger partial charge on any atom is -0.344 e. The van der Waals surface area contributed by atoms with E-state index in [1.165, 1.54) is 4.90 Å². The Morgan fingerprint density at radius 2 is 1.73 bits per heavy atom. The number of nitrogens with one attached hydrogen (secondary N) is 3. The number of benzene rings is 1. The molecule has 1 aromatic carbocycles. The number of hydrogen-bond acceptors (Lipinski definition) is 2. The molecule has 0 bridgehead atoms. The molecule has 1 aromatic rings. The lowest BCUT2D eigenvalue weighted by molar-refractivity contribution is -0.945. The molecule has 1 aliphatic heterocycles. The zero-order valence-electron chi connectivity index (χ0n) is 12.5. The van der Waals surface area contributed by atoms with Crippen LogP contribution in [0.1, 0.15) is 5.56 Å². The molecule has 1 fully saturated rings. The predicted molar refractivity (Wildman–Crippen MR) is 83.5 cm³/mol. The van der Waals surface area contributed by atoms with E-state index >= 15 is 0 Å². The molecule has 1 aliphatic rings. The maximum atomic E-state index is 11.7. The Morgan fingerprint density at radius 3 is 2.41 bits per heavy atom. The van der Waals surface area contributed by atoms with Gasteiger partial charge in [0, 0.05) is 11.6 Å². The summed E-state index contributed by atoms with van der Waals surface area (Å²) in [5.74, 6) is -1.17. The van der Waals surface area contributed by atoms with E-state index in [4.69, 9.17) is 11.6 Å². The third-order valence-electron chi connectivity index (χ3n) is 3.74. The van der Waals surface area contributed by atoms with Crippen molar-refractivity contribution in [3.8, 4) is 0 Å². The van der Waals surface area contributed by atoms with Gasteiger partial charge in [0.15, 0.2) is 0 Å². The maximum absolute atomic E-state index is 11.7. The van der Waals surface area contributed by atoms with Crippen molar-refractivity contribution in [2.45, 2.75) is 6.54 Å². The van der Waals surface area contributed by atoms with Crippen molar-refractivity contribution in [1.82, 2.24) is 10.6 Å². The first-order valence-corrected chi connectivity index (χ1v) is 7.98. The lowest BCUT2D eigenvalue weighted by Gasteiger charge is -2.22. The standard InChI is InChI=1S/C15H21ClN4O2/c16-13-3-1-12(2-4-13)11-19-15(22)14(21)18-7-10-20-8-5-17-6-9-20/h1-4,17H,5-11H2,(H,18,21)(H,19,22)/p+2. The molecule has 2 amide bonds. The molecule has 0 atom stereocenters. The van der Waals surface area contributed by atoms with Crippen molar-refractivity contribution >= 4 is 23.4 Å². The van der Waals surface area contributed by atoms with E-state index in [0.29, 0.717) is 18.1 Å². The smallest absolute Gasteiger partial charge is 0.309 e. The van der Waals surface area contributed by atoms with E-state index in [-0.39, 0.29) is 0 Å². The lowest BCUT2D eigenvalue weighted by Crippen LogP contribution is -3.21. The second-order valence-electron chi connectivity index (χ2n) is 5.43. The van der Waals surface area contributed by atoms with Crippen molar-refractivity contribution in [3.05, 3.63) is 34.9 Å². The summed E-state index contributed by atoms with van der Waals surface area (Å²) >= 11 is 5.79.